The lowest BCUT2D eigenvalue weighted by atomic mass is 10.2. The number of nitrogens with zero attached hydrogens (tertiary/aromatic N) is 3. The van der Waals surface area contributed by atoms with E-state index in [1.807, 2.05) is 24.3 Å². The van der Waals surface area contributed by atoms with Gasteiger partial charge in [-0.3, -0.25) is 9.69 Å². The molecule has 1 aromatic carbocycles. The Morgan fingerprint density at radius 3 is 2.78 bits per heavy atom. The first-order valence-corrected chi connectivity index (χ1v) is 7.85. The van der Waals surface area contributed by atoms with Crippen molar-refractivity contribution >= 4 is 17.5 Å². The van der Waals surface area contributed by atoms with Crippen molar-refractivity contribution in [3.63, 3.8) is 0 Å². The van der Waals surface area contributed by atoms with Crippen LogP contribution in [0, 0.1) is 0 Å². The van der Waals surface area contributed by atoms with Gasteiger partial charge in [0.1, 0.15) is 12.9 Å². The number of carbonyl (C=O) groups is 1. The molecular formula is C16H18ClN3O3. The van der Waals surface area contributed by atoms with Gasteiger partial charge < -0.3 is 14.4 Å². The van der Waals surface area contributed by atoms with E-state index in [4.69, 9.17) is 21.1 Å². The minimum Gasteiger partial charge on any atom is -0.444 e. The zero-order chi connectivity index (χ0) is 16.2. The molecule has 23 heavy (non-hydrogen) atoms. The first-order valence-electron chi connectivity index (χ1n) is 7.47. The van der Waals surface area contributed by atoms with E-state index in [-0.39, 0.29) is 5.91 Å². The molecule has 1 fully saturated rings. The van der Waals surface area contributed by atoms with Gasteiger partial charge in [0.15, 0.2) is 0 Å². The minimum atomic E-state index is -0.424. The number of benzene rings is 1. The Kier molecular flexibility index (Phi) is 4.95. The molecule has 122 valence electrons. The maximum Gasteiger partial charge on any atom is 0.248 e. The maximum absolute atomic E-state index is 11.4. The van der Waals surface area contributed by atoms with Crippen molar-refractivity contribution in [1.82, 2.24) is 14.8 Å². The summed E-state index contributed by atoms with van der Waals surface area (Å²) in [6, 6.07) is 7.39. The number of hydrogen-bond donors (Lipinski definition) is 1. The van der Waals surface area contributed by atoms with Crippen molar-refractivity contribution in [2.24, 2.45) is 0 Å². The number of amides is 1. The van der Waals surface area contributed by atoms with Crippen LogP contribution in [-0.4, -0.2) is 58.6 Å². The molecule has 1 aromatic heterocycles. The molecule has 0 saturated carbocycles. The third kappa shape index (κ3) is 3.90. The van der Waals surface area contributed by atoms with E-state index in [1.165, 1.54) is 0 Å². The highest BCUT2D eigenvalue weighted by molar-refractivity contribution is 6.30. The molecule has 0 aliphatic carbocycles. The number of aromatic nitrogens is 1. The molecule has 2 heterocycles. The van der Waals surface area contributed by atoms with Gasteiger partial charge >= 0.3 is 0 Å². The van der Waals surface area contributed by atoms with Crippen LogP contribution in [0.25, 0.3) is 11.5 Å². The molecular weight excluding hydrogens is 318 g/mol. The number of oxazole rings is 1. The maximum atomic E-state index is 11.4. The largest absolute Gasteiger partial charge is 0.444 e. The van der Waals surface area contributed by atoms with Gasteiger partial charge in [0.05, 0.1) is 5.69 Å². The summed E-state index contributed by atoms with van der Waals surface area (Å²) in [4.78, 5) is 19.8. The number of aliphatic hydroxyl groups is 1. The second-order valence-corrected chi connectivity index (χ2v) is 5.91. The van der Waals surface area contributed by atoms with Gasteiger partial charge in [0.25, 0.3) is 0 Å². The van der Waals surface area contributed by atoms with Gasteiger partial charge in [-0.05, 0) is 18.2 Å². The summed E-state index contributed by atoms with van der Waals surface area (Å²) in [5.41, 5.74) is 1.70. The van der Waals surface area contributed by atoms with Crippen LogP contribution in [-0.2, 0) is 11.3 Å². The molecule has 1 aliphatic heterocycles. The number of carbonyl (C=O) groups excluding carboxylic acids is 1. The van der Waals surface area contributed by atoms with E-state index in [0.717, 1.165) is 24.3 Å². The lowest BCUT2D eigenvalue weighted by Gasteiger charge is -2.33. The number of rotatable bonds is 4. The number of aliphatic hydroxyl groups excluding tert-OH is 1. The SMILES string of the molecule is O=C(CO)N1CCN(Cc2coc(-c3cccc(Cl)c3)n2)CC1. The van der Waals surface area contributed by atoms with Crippen molar-refractivity contribution in [2.75, 3.05) is 32.8 Å². The van der Waals surface area contributed by atoms with Crippen LogP contribution in [0.3, 0.4) is 0 Å². The van der Waals surface area contributed by atoms with Gasteiger partial charge in [-0.2, -0.15) is 0 Å². The predicted molar refractivity (Wildman–Crippen MR) is 85.9 cm³/mol. The number of hydrogen-bond acceptors (Lipinski definition) is 5. The lowest BCUT2D eigenvalue weighted by molar-refractivity contribution is -0.136. The Balaban J connectivity index is 1.59. The van der Waals surface area contributed by atoms with E-state index in [9.17, 15) is 4.79 Å². The lowest BCUT2D eigenvalue weighted by Crippen LogP contribution is -2.49. The third-order valence-electron chi connectivity index (χ3n) is 3.87. The number of halogens is 1. The van der Waals surface area contributed by atoms with Crippen molar-refractivity contribution < 1.29 is 14.3 Å². The predicted octanol–water partition coefficient (Wildman–Crippen LogP) is 1.63. The van der Waals surface area contributed by atoms with E-state index in [2.05, 4.69) is 9.88 Å². The zero-order valence-corrected chi connectivity index (χ0v) is 13.4. The summed E-state index contributed by atoms with van der Waals surface area (Å²) in [6.07, 6.45) is 1.65. The summed E-state index contributed by atoms with van der Waals surface area (Å²) in [5, 5.41) is 9.53. The highest BCUT2D eigenvalue weighted by Crippen LogP contribution is 2.22. The fourth-order valence-corrected chi connectivity index (χ4v) is 2.81. The molecule has 3 rings (SSSR count). The molecule has 0 bridgehead atoms. The monoisotopic (exact) mass is 335 g/mol. The highest BCUT2D eigenvalue weighted by atomic mass is 35.5. The number of piperazine rings is 1. The Morgan fingerprint density at radius 1 is 1.30 bits per heavy atom. The zero-order valence-electron chi connectivity index (χ0n) is 12.6. The van der Waals surface area contributed by atoms with E-state index in [1.54, 1.807) is 11.2 Å². The first kappa shape index (κ1) is 16.0. The van der Waals surface area contributed by atoms with Gasteiger partial charge in [-0.15, -0.1) is 0 Å². The van der Waals surface area contributed by atoms with Crippen molar-refractivity contribution in [3.8, 4) is 11.5 Å². The van der Waals surface area contributed by atoms with Crippen LogP contribution >= 0.6 is 11.6 Å². The van der Waals surface area contributed by atoms with Crippen LogP contribution in [0.2, 0.25) is 5.02 Å². The van der Waals surface area contributed by atoms with Crippen LogP contribution in [0.4, 0.5) is 0 Å². The molecule has 1 amide bonds. The van der Waals surface area contributed by atoms with E-state index < -0.39 is 6.61 Å². The molecule has 7 heteroatoms. The Labute approximate surface area is 139 Å². The van der Waals surface area contributed by atoms with Crippen molar-refractivity contribution in [3.05, 3.63) is 41.2 Å². The summed E-state index contributed by atoms with van der Waals surface area (Å²) in [6.45, 7) is 3.00. The first-order chi connectivity index (χ1) is 11.2. The van der Waals surface area contributed by atoms with Crippen molar-refractivity contribution in [2.45, 2.75) is 6.54 Å². The summed E-state index contributed by atoms with van der Waals surface area (Å²) in [5.74, 6) is 0.339. The molecule has 0 spiro atoms. The summed E-state index contributed by atoms with van der Waals surface area (Å²) >= 11 is 5.98. The molecule has 1 saturated heterocycles. The average molecular weight is 336 g/mol. The molecule has 6 nitrogen and oxygen atoms in total. The fourth-order valence-electron chi connectivity index (χ4n) is 2.62. The Morgan fingerprint density at radius 2 is 2.09 bits per heavy atom. The topological polar surface area (TPSA) is 69.8 Å². The second-order valence-electron chi connectivity index (χ2n) is 5.47. The molecule has 0 atom stereocenters. The molecule has 1 N–H and O–H groups in total. The smallest absolute Gasteiger partial charge is 0.248 e. The normalized spacial score (nSPS) is 15.8. The van der Waals surface area contributed by atoms with Crippen molar-refractivity contribution in [1.29, 1.82) is 0 Å². The van der Waals surface area contributed by atoms with Gasteiger partial charge in [0.2, 0.25) is 11.8 Å². The molecule has 1 aliphatic rings. The Hall–Kier alpha value is -1.89. The minimum absolute atomic E-state index is 0.214. The second kappa shape index (κ2) is 7.12. The summed E-state index contributed by atoms with van der Waals surface area (Å²) < 4.78 is 5.53. The summed E-state index contributed by atoms with van der Waals surface area (Å²) in [7, 11) is 0. The van der Waals surface area contributed by atoms with E-state index >= 15 is 0 Å². The highest BCUT2D eigenvalue weighted by Gasteiger charge is 2.21. The fraction of sp³-hybridized carbons (Fsp3) is 0.375. The Bertz CT molecular complexity index is 681. The third-order valence-corrected chi connectivity index (χ3v) is 4.10. The van der Waals surface area contributed by atoms with Crippen LogP contribution in [0.15, 0.2) is 34.9 Å². The molecule has 2 aromatic rings. The average Bonchev–Trinajstić information content (AvgIpc) is 3.03. The van der Waals surface area contributed by atoms with Gasteiger partial charge in [-0.25, -0.2) is 4.98 Å². The molecule has 0 unspecified atom stereocenters. The quantitative estimate of drug-likeness (QED) is 0.919. The molecule has 0 radical (unpaired) electrons. The van der Waals surface area contributed by atoms with Crippen LogP contribution < -0.4 is 0 Å². The van der Waals surface area contributed by atoms with Crippen LogP contribution in [0.1, 0.15) is 5.69 Å². The van der Waals surface area contributed by atoms with Crippen LogP contribution in [0.5, 0.6) is 0 Å². The standard InChI is InChI=1S/C16H18ClN3O3/c17-13-3-1-2-12(8-13)16-18-14(11-23-16)9-19-4-6-20(7-5-19)15(22)10-21/h1-3,8,11,21H,4-7,9-10H2. The van der Waals surface area contributed by atoms with Gasteiger partial charge in [0, 0.05) is 43.3 Å². The van der Waals surface area contributed by atoms with E-state index in [0.29, 0.717) is 30.5 Å². The van der Waals surface area contributed by atoms with Gasteiger partial charge in [-0.1, -0.05) is 17.7 Å².